The molecule has 0 aliphatic rings. The molecule has 0 aromatic heterocycles. The minimum absolute atomic E-state index is 0.616. The van der Waals surface area contributed by atoms with Crippen LogP contribution in [-0.2, 0) is 19.4 Å². The predicted octanol–water partition coefficient (Wildman–Crippen LogP) is -0.616. The van der Waals surface area contributed by atoms with Crippen LogP contribution in [0.5, 0.6) is 0 Å². The molecule has 0 saturated heterocycles. The van der Waals surface area contributed by atoms with Crippen molar-refractivity contribution in [2.75, 3.05) is 0 Å². The molecule has 88 valence electrons. The lowest BCUT2D eigenvalue weighted by Crippen LogP contribution is -2.45. The van der Waals surface area contributed by atoms with Gasteiger partial charge in [0.15, 0.2) is 15.1 Å². The molecule has 0 aromatic rings. The Bertz CT molecular complexity index is 359. The molecule has 0 aromatic carbocycles. The SMILES string of the molecule is CC(C)C(C(=O)O)S(=O)(=O)C(C)C(N)=O. The molecule has 0 saturated carbocycles. The van der Waals surface area contributed by atoms with Gasteiger partial charge in [0.1, 0.15) is 5.25 Å². The first-order valence-corrected chi connectivity index (χ1v) is 5.98. The largest absolute Gasteiger partial charge is 0.480 e. The number of hydrogen-bond donors (Lipinski definition) is 2. The molecule has 0 fully saturated rings. The van der Waals surface area contributed by atoms with Crippen molar-refractivity contribution in [3.63, 3.8) is 0 Å². The third-order valence-corrected chi connectivity index (χ3v) is 4.77. The van der Waals surface area contributed by atoms with E-state index in [9.17, 15) is 18.0 Å². The number of carbonyl (C=O) groups excluding carboxylic acids is 1. The minimum Gasteiger partial charge on any atom is -0.480 e. The first-order chi connectivity index (χ1) is 6.62. The minimum atomic E-state index is -4.07. The lowest BCUT2D eigenvalue weighted by molar-refractivity contribution is -0.137. The van der Waals surface area contributed by atoms with Crippen molar-refractivity contribution in [3.05, 3.63) is 0 Å². The number of hydrogen-bond acceptors (Lipinski definition) is 4. The summed E-state index contributed by atoms with van der Waals surface area (Å²) < 4.78 is 23.3. The van der Waals surface area contributed by atoms with Gasteiger partial charge in [-0.25, -0.2) is 8.42 Å². The molecule has 2 unspecified atom stereocenters. The van der Waals surface area contributed by atoms with Crippen LogP contribution < -0.4 is 5.73 Å². The molecule has 0 rings (SSSR count). The number of rotatable bonds is 5. The van der Waals surface area contributed by atoms with Crippen LogP contribution in [0, 0.1) is 5.92 Å². The molecule has 0 spiro atoms. The van der Waals surface area contributed by atoms with E-state index in [2.05, 4.69) is 0 Å². The Morgan fingerprint density at radius 1 is 1.20 bits per heavy atom. The zero-order chi connectivity index (χ0) is 12.4. The zero-order valence-corrected chi connectivity index (χ0v) is 9.61. The standard InChI is InChI=1S/C8H15NO5S/c1-4(2)6(8(11)12)15(13,14)5(3)7(9)10/h4-6H,1-3H3,(H2,9,10)(H,11,12). The van der Waals surface area contributed by atoms with E-state index in [0.717, 1.165) is 6.92 Å². The predicted molar refractivity (Wildman–Crippen MR) is 53.8 cm³/mol. The Labute approximate surface area is 88.4 Å². The number of nitrogens with two attached hydrogens (primary N) is 1. The summed E-state index contributed by atoms with van der Waals surface area (Å²) in [7, 11) is -4.07. The molecule has 6 nitrogen and oxygen atoms in total. The zero-order valence-electron chi connectivity index (χ0n) is 8.80. The molecule has 0 aliphatic carbocycles. The summed E-state index contributed by atoms with van der Waals surface area (Å²) in [5, 5.41) is 5.70. The van der Waals surface area contributed by atoms with Crippen molar-refractivity contribution < 1.29 is 23.1 Å². The molecule has 3 N–H and O–H groups in total. The average Bonchev–Trinajstić information content (AvgIpc) is 1.99. The van der Waals surface area contributed by atoms with Gasteiger partial charge in [-0.05, 0) is 12.8 Å². The summed E-state index contributed by atoms with van der Waals surface area (Å²) in [6.45, 7) is 4.02. The van der Waals surface area contributed by atoms with Crippen LogP contribution >= 0.6 is 0 Å². The summed E-state index contributed by atoms with van der Waals surface area (Å²) in [6.07, 6.45) is 0. The summed E-state index contributed by atoms with van der Waals surface area (Å²) >= 11 is 0. The highest BCUT2D eigenvalue weighted by Crippen LogP contribution is 2.17. The quantitative estimate of drug-likeness (QED) is 0.661. The molecule has 15 heavy (non-hydrogen) atoms. The van der Waals surface area contributed by atoms with Gasteiger partial charge in [-0.2, -0.15) is 0 Å². The van der Waals surface area contributed by atoms with Crippen molar-refractivity contribution in [3.8, 4) is 0 Å². The molecule has 0 heterocycles. The number of sulfone groups is 1. The smallest absolute Gasteiger partial charge is 0.322 e. The van der Waals surface area contributed by atoms with Gasteiger partial charge in [0, 0.05) is 0 Å². The molecule has 1 amide bonds. The van der Waals surface area contributed by atoms with Crippen molar-refractivity contribution >= 4 is 21.7 Å². The molecule has 0 bridgehead atoms. The maximum absolute atomic E-state index is 11.7. The van der Waals surface area contributed by atoms with E-state index < -0.39 is 38.1 Å². The summed E-state index contributed by atoms with van der Waals surface area (Å²) in [5.74, 6) is -3.12. The Morgan fingerprint density at radius 3 is 1.80 bits per heavy atom. The van der Waals surface area contributed by atoms with Gasteiger partial charge in [0.05, 0.1) is 0 Å². The highest BCUT2D eigenvalue weighted by molar-refractivity contribution is 7.94. The number of aliphatic carboxylic acids is 1. The fraction of sp³-hybridized carbons (Fsp3) is 0.750. The fourth-order valence-electron chi connectivity index (χ4n) is 1.19. The van der Waals surface area contributed by atoms with Gasteiger partial charge in [0.2, 0.25) is 5.91 Å². The normalized spacial score (nSPS) is 16.0. The van der Waals surface area contributed by atoms with E-state index in [4.69, 9.17) is 10.8 Å². The van der Waals surface area contributed by atoms with Crippen molar-refractivity contribution in [2.24, 2.45) is 11.7 Å². The van der Waals surface area contributed by atoms with Gasteiger partial charge in [0.25, 0.3) is 0 Å². The maximum atomic E-state index is 11.7. The fourth-order valence-corrected chi connectivity index (χ4v) is 2.99. The van der Waals surface area contributed by atoms with E-state index in [1.807, 2.05) is 0 Å². The van der Waals surface area contributed by atoms with E-state index in [1.165, 1.54) is 13.8 Å². The first kappa shape index (κ1) is 13.9. The molecular weight excluding hydrogens is 222 g/mol. The first-order valence-electron chi connectivity index (χ1n) is 4.37. The number of primary amides is 1. The van der Waals surface area contributed by atoms with Gasteiger partial charge in [-0.3, -0.25) is 9.59 Å². The van der Waals surface area contributed by atoms with Crippen molar-refractivity contribution in [1.29, 1.82) is 0 Å². The van der Waals surface area contributed by atoms with Crippen LogP contribution in [0.15, 0.2) is 0 Å². The number of carboxylic acids is 1. The van der Waals surface area contributed by atoms with Crippen LogP contribution in [0.4, 0.5) is 0 Å². The van der Waals surface area contributed by atoms with Crippen LogP contribution in [0.3, 0.4) is 0 Å². The van der Waals surface area contributed by atoms with Crippen molar-refractivity contribution in [2.45, 2.75) is 31.3 Å². The second-order valence-corrected chi connectivity index (χ2v) is 6.03. The van der Waals surface area contributed by atoms with E-state index in [1.54, 1.807) is 0 Å². The Hall–Kier alpha value is -1.11. The Morgan fingerprint density at radius 2 is 1.60 bits per heavy atom. The lowest BCUT2D eigenvalue weighted by Gasteiger charge is -2.19. The Kier molecular flexibility index (Phi) is 4.27. The molecule has 0 aliphatic heterocycles. The van der Waals surface area contributed by atoms with Gasteiger partial charge in [-0.15, -0.1) is 0 Å². The van der Waals surface area contributed by atoms with Crippen LogP contribution in [0.2, 0.25) is 0 Å². The molecule has 0 radical (unpaired) electrons. The molecule has 2 atom stereocenters. The summed E-state index contributed by atoms with van der Waals surface area (Å²) in [6, 6.07) is 0. The summed E-state index contributed by atoms with van der Waals surface area (Å²) in [4.78, 5) is 21.5. The van der Waals surface area contributed by atoms with Gasteiger partial charge < -0.3 is 10.8 Å². The topological polar surface area (TPSA) is 115 Å². The lowest BCUT2D eigenvalue weighted by atomic mass is 10.1. The number of carbonyl (C=O) groups is 2. The third kappa shape index (κ3) is 2.92. The van der Waals surface area contributed by atoms with Crippen molar-refractivity contribution in [1.82, 2.24) is 0 Å². The maximum Gasteiger partial charge on any atom is 0.322 e. The number of carboxylic acid groups (broad SMARTS) is 1. The van der Waals surface area contributed by atoms with Crippen LogP contribution in [0.1, 0.15) is 20.8 Å². The van der Waals surface area contributed by atoms with E-state index in [0.29, 0.717) is 0 Å². The molecular formula is C8H15NO5S. The van der Waals surface area contributed by atoms with E-state index >= 15 is 0 Å². The average molecular weight is 237 g/mol. The Balaban J connectivity index is 5.33. The van der Waals surface area contributed by atoms with Gasteiger partial charge >= 0.3 is 5.97 Å². The monoisotopic (exact) mass is 237 g/mol. The van der Waals surface area contributed by atoms with Gasteiger partial charge in [-0.1, -0.05) is 13.8 Å². The number of amides is 1. The second-order valence-electron chi connectivity index (χ2n) is 3.64. The second kappa shape index (κ2) is 4.61. The van der Waals surface area contributed by atoms with Crippen LogP contribution in [0.25, 0.3) is 0 Å². The molecule has 7 heteroatoms. The summed E-state index contributed by atoms with van der Waals surface area (Å²) in [5.41, 5.74) is 4.85. The third-order valence-electron chi connectivity index (χ3n) is 2.10. The van der Waals surface area contributed by atoms with E-state index in [-0.39, 0.29) is 0 Å². The van der Waals surface area contributed by atoms with Crippen LogP contribution in [-0.4, -0.2) is 35.9 Å². The highest BCUT2D eigenvalue weighted by atomic mass is 32.2. The highest BCUT2D eigenvalue weighted by Gasteiger charge is 2.41.